The molecule has 4 fully saturated rings. The Labute approximate surface area is 265 Å². The first-order valence-corrected chi connectivity index (χ1v) is 15.8. The van der Waals surface area contributed by atoms with Crippen molar-refractivity contribution in [2.75, 3.05) is 36.0 Å². The summed E-state index contributed by atoms with van der Waals surface area (Å²) >= 11 is 0. The Bertz CT molecular complexity index is 1930. The first kappa shape index (κ1) is 28.5. The molecule has 4 aliphatic rings. The quantitative estimate of drug-likeness (QED) is 0.218. The molecule has 46 heavy (non-hydrogen) atoms. The second kappa shape index (κ2) is 10.5. The highest BCUT2D eigenvalue weighted by molar-refractivity contribution is 5.99. The number of carboxylic acid groups (broad SMARTS) is 1. The van der Waals surface area contributed by atoms with Gasteiger partial charge in [0, 0.05) is 73.1 Å². The molecule has 2 saturated heterocycles. The maximum atomic E-state index is 14.7. The number of ketones is 1. The van der Waals surface area contributed by atoms with E-state index < -0.39 is 11.8 Å². The standard InChI is InChI=1S/C35H33FN6O4/c36-26-14-23(31(43)22-4-5-22)6-7-25(26)16-46-30-3-1-2-29(39-30)40-17-35(18-40)19-41(20-35)33-38-27-9-8-24(32(44)45)15-28(27)42(33)21-34(10-11-34)12-13-37/h1-3,6-9,14-15,22H,4-5,10-12,16-21H2,(H,44,45). The molecule has 0 bridgehead atoms. The van der Waals surface area contributed by atoms with Gasteiger partial charge in [-0.2, -0.15) is 10.2 Å². The number of ether oxygens (including phenoxy) is 1. The van der Waals surface area contributed by atoms with Crippen LogP contribution in [0, 0.1) is 33.9 Å². The molecule has 4 heterocycles. The van der Waals surface area contributed by atoms with E-state index in [0.717, 1.165) is 74.7 Å². The Balaban J connectivity index is 0.923. The first-order chi connectivity index (χ1) is 22.2. The van der Waals surface area contributed by atoms with Crippen LogP contribution in [0.5, 0.6) is 5.88 Å². The summed E-state index contributed by atoms with van der Waals surface area (Å²) in [5.41, 5.74) is 2.59. The first-order valence-electron chi connectivity index (χ1n) is 15.8. The van der Waals surface area contributed by atoms with Crippen LogP contribution in [0.3, 0.4) is 0 Å². The largest absolute Gasteiger partial charge is 0.478 e. The third kappa shape index (κ3) is 5.11. The zero-order chi connectivity index (χ0) is 31.6. The summed E-state index contributed by atoms with van der Waals surface area (Å²) in [6, 6.07) is 17.6. The number of fused-ring (bicyclic) bond motifs is 1. The van der Waals surface area contributed by atoms with Gasteiger partial charge in [0.2, 0.25) is 11.8 Å². The number of aromatic carboxylic acids is 1. The summed E-state index contributed by atoms with van der Waals surface area (Å²) in [7, 11) is 0. The van der Waals surface area contributed by atoms with Crippen molar-refractivity contribution >= 4 is 34.6 Å². The molecular formula is C35H33FN6O4. The predicted octanol–water partition coefficient (Wildman–Crippen LogP) is 5.46. The van der Waals surface area contributed by atoms with Crippen LogP contribution in [-0.4, -0.2) is 57.6 Å². The van der Waals surface area contributed by atoms with Gasteiger partial charge in [0.15, 0.2) is 5.78 Å². The Morgan fingerprint density at radius 2 is 1.76 bits per heavy atom. The molecule has 0 unspecified atom stereocenters. The normalized spacial score (nSPS) is 19.0. The number of nitriles is 1. The molecule has 11 heteroatoms. The Hall–Kier alpha value is -4.98. The van der Waals surface area contributed by atoms with E-state index in [2.05, 4.69) is 25.4 Å². The number of anilines is 2. The van der Waals surface area contributed by atoms with Crippen LogP contribution in [0.25, 0.3) is 11.0 Å². The lowest BCUT2D eigenvalue weighted by Gasteiger charge is -2.60. The average molecular weight is 621 g/mol. The van der Waals surface area contributed by atoms with Crippen molar-refractivity contribution in [3.63, 3.8) is 0 Å². The minimum absolute atomic E-state index is 0.0119. The molecule has 0 atom stereocenters. The molecular weight excluding hydrogens is 587 g/mol. The van der Waals surface area contributed by atoms with Gasteiger partial charge in [0.05, 0.1) is 22.7 Å². The summed E-state index contributed by atoms with van der Waals surface area (Å²) in [5, 5.41) is 19.0. The molecule has 2 aromatic heterocycles. The number of nitrogens with zero attached hydrogens (tertiary/aromatic N) is 6. The predicted molar refractivity (Wildman–Crippen MR) is 167 cm³/mol. The van der Waals surface area contributed by atoms with E-state index in [-0.39, 0.29) is 34.7 Å². The van der Waals surface area contributed by atoms with Gasteiger partial charge in [-0.3, -0.25) is 4.79 Å². The SMILES string of the molecule is N#CCC1(Cn2c(N3CC4(CN(c5cccc(OCc6ccc(C(=O)C7CC7)cc6F)n5)C4)C3)nc3ccc(C(=O)O)cc32)CC1. The van der Waals surface area contributed by atoms with Crippen LogP contribution in [0.1, 0.15) is 58.4 Å². The lowest BCUT2D eigenvalue weighted by atomic mass is 9.73. The molecule has 8 rings (SSSR count). The highest BCUT2D eigenvalue weighted by Gasteiger charge is 2.54. The fourth-order valence-corrected chi connectivity index (χ4v) is 6.95. The van der Waals surface area contributed by atoms with E-state index in [1.165, 1.54) is 6.07 Å². The van der Waals surface area contributed by atoms with Crippen LogP contribution >= 0.6 is 0 Å². The fourth-order valence-electron chi connectivity index (χ4n) is 6.95. The number of halogens is 1. The molecule has 234 valence electrons. The third-order valence-electron chi connectivity index (χ3n) is 9.96. The molecule has 0 radical (unpaired) electrons. The number of hydrogen-bond acceptors (Lipinski definition) is 8. The molecule has 4 aromatic rings. The summed E-state index contributed by atoms with van der Waals surface area (Å²) in [4.78, 5) is 38.0. The average Bonchev–Trinajstić information content (AvgIpc) is 3.94. The van der Waals surface area contributed by atoms with Gasteiger partial charge in [-0.15, -0.1) is 0 Å². The summed E-state index contributed by atoms with van der Waals surface area (Å²) in [5.74, 6) is 0.673. The van der Waals surface area contributed by atoms with Crippen LogP contribution in [0.15, 0.2) is 54.6 Å². The van der Waals surface area contributed by atoms with E-state index >= 15 is 0 Å². The van der Waals surface area contributed by atoms with Crippen molar-refractivity contribution in [2.45, 2.75) is 45.3 Å². The number of rotatable bonds is 11. The zero-order valence-electron chi connectivity index (χ0n) is 25.3. The van der Waals surface area contributed by atoms with Crippen molar-refractivity contribution < 1.29 is 23.8 Å². The second-order valence-electron chi connectivity index (χ2n) is 13.6. The highest BCUT2D eigenvalue weighted by atomic mass is 19.1. The summed E-state index contributed by atoms with van der Waals surface area (Å²) < 4.78 is 22.7. The van der Waals surface area contributed by atoms with Crippen molar-refractivity contribution in [2.24, 2.45) is 16.7 Å². The van der Waals surface area contributed by atoms with Gasteiger partial charge in [-0.05, 0) is 56.0 Å². The van der Waals surface area contributed by atoms with Crippen molar-refractivity contribution in [3.05, 3.63) is 77.1 Å². The van der Waals surface area contributed by atoms with Crippen LogP contribution < -0.4 is 14.5 Å². The van der Waals surface area contributed by atoms with E-state index in [9.17, 15) is 24.3 Å². The molecule has 1 spiro atoms. The van der Waals surface area contributed by atoms with Gasteiger partial charge >= 0.3 is 5.97 Å². The number of carbonyl (C=O) groups excluding carboxylic acids is 1. The fraction of sp³-hybridized carbons (Fsp3) is 0.400. The maximum Gasteiger partial charge on any atom is 0.335 e. The number of carboxylic acids is 1. The number of aromatic nitrogens is 3. The second-order valence-corrected chi connectivity index (χ2v) is 13.6. The van der Waals surface area contributed by atoms with Crippen molar-refractivity contribution in [1.29, 1.82) is 5.26 Å². The molecule has 10 nitrogen and oxygen atoms in total. The number of Topliss-reactive ketones (excluding diaryl/α,β-unsaturated/α-hetero) is 1. The molecule has 1 N–H and O–H groups in total. The molecule has 2 saturated carbocycles. The molecule has 2 aromatic carbocycles. The van der Waals surface area contributed by atoms with E-state index in [0.29, 0.717) is 30.0 Å². The number of benzene rings is 2. The zero-order valence-corrected chi connectivity index (χ0v) is 25.3. The van der Waals surface area contributed by atoms with E-state index in [1.807, 2.05) is 12.1 Å². The van der Waals surface area contributed by atoms with Crippen molar-refractivity contribution in [3.8, 4) is 11.9 Å². The van der Waals surface area contributed by atoms with Crippen LogP contribution in [-0.2, 0) is 13.2 Å². The number of carbonyl (C=O) groups is 2. The minimum Gasteiger partial charge on any atom is -0.478 e. The molecule has 2 aliphatic carbocycles. The molecule has 0 amide bonds. The minimum atomic E-state index is -0.974. The Kier molecular flexibility index (Phi) is 6.53. The number of pyridine rings is 1. The highest BCUT2D eigenvalue weighted by Crippen LogP contribution is 2.52. The lowest BCUT2D eigenvalue weighted by Crippen LogP contribution is -2.73. The smallest absolute Gasteiger partial charge is 0.335 e. The molecule has 2 aliphatic heterocycles. The summed E-state index contributed by atoms with van der Waals surface area (Å²) in [6.07, 6.45) is 4.20. The van der Waals surface area contributed by atoms with E-state index in [1.54, 1.807) is 36.4 Å². The van der Waals surface area contributed by atoms with Gasteiger partial charge in [-0.1, -0.05) is 18.2 Å². The monoisotopic (exact) mass is 620 g/mol. The van der Waals surface area contributed by atoms with Gasteiger partial charge in [0.25, 0.3) is 0 Å². The maximum absolute atomic E-state index is 14.7. The van der Waals surface area contributed by atoms with Gasteiger partial charge in [-0.25, -0.2) is 14.2 Å². The van der Waals surface area contributed by atoms with Gasteiger partial charge < -0.3 is 24.2 Å². The van der Waals surface area contributed by atoms with Crippen molar-refractivity contribution in [1.82, 2.24) is 14.5 Å². The van der Waals surface area contributed by atoms with E-state index in [4.69, 9.17) is 9.72 Å². The van der Waals surface area contributed by atoms with Crippen LogP contribution in [0.2, 0.25) is 0 Å². The Morgan fingerprint density at radius 3 is 2.46 bits per heavy atom. The Morgan fingerprint density at radius 1 is 1.00 bits per heavy atom. The van der Waals surface area contributed by atoms with Gasteiger partial charge in [0.1, 0.15) is 18.2 Å². The topological polar surface area (TPSA) is 125 Å². The number of imidazole rings is 1. The number of hydrogen-bond donors (Lipinski definition) is 1. The van der Waals surface area contributed by atoms with Crippen LogP contribution in [0.4, 0.5) is 16.2 Å². The third-order valence-corrected chi connectivity index (χ3v) is 9.96. The lowest BCUT2D eigenvalue weighted by molar-refractivity contribution is 0.0696. The summed E-state index contributed by atoms with van der Waals surface area (Å²) in [6.45, 7) is 3.95.